The number of hydrogen-bond acceptors (Lipinski definition) is 3. The molecule has 2 heterocycles. The molecular weight excluding hydrogens is 416 g/mol. The van der Waals surface area contributed by atoms with Crippen LogP contribution in [0.5, 0.6) is 0 Å². The van der Waals surface area contributed by atoms with E-state index in [9.17, 15) is 5.26 Å². The molecule has 4 nitrogen and oxygen atoms in total. The molecule has 1 aliphatic rings. The van der Waals surface area contributed by atoms with Crippen molar-refractivity contribution in [2.75, 3.05) is 13.1 Å². The highest BCUT2D eigenvalue weighted by molar-refractivity contribution is 5.95. The first-order valence-corrected chi connectivity index (χ1v) is 11.7. The van der Waals surface area contributed by atoms with Gasteiger partial charge in [0.2, 0.25) is 0 Å². The number of nitrogens with zero attached hydrogens (tertiary/aromatic N) is 4. The van der Waals surface area contributed by atoms with Gasteiger partial charge in [-0.05, 0) is 46.4 Å². The molecule has 1 unspecified atom stereocenters. The number of aromatic nitrogens is 2. The minimum Gasteiger partial charge on any atom is -0.336 e. The van der Waals surface area contributed by atoms with E-state index in [2.05, 4.69) is 107 Å². The fourth-order valence-electron chi connectivity index (χ4n) is 5.09. The minimum absolute atomic E-state index is 0.0675. The number of rotatable bonds is 5. The van der Waals surface area contributed by atoms with Crippen molar-refractivity contribution < 1.29 is 0 Å². The average Bonchev–Trinajstić information content (AvgIpc) is 3.29. The van der Waals surface area contributed by atoms with Crippen LogP contribution in [0.4, 0.5) is 0 Å². The van der Waals surface area contributed by atoms with Crippen molar-refractivity contribution >= 4 is 22.4 Å². The SMILES string of the molecule is C/C(=C\c1ccccc1)C(c1cncn1C)N1CCC(C#N)=C(c2cccc3ccccc23)C1. The third-order valence-electron chi connectivity index (χ3n) is 6.75. The molecule has 4 aromatic rings. The summed E-state index contributed by atoms with van der Waals surface area (Å²) in [4.78, 5) is 6.91. The molecule has 0 amide bonds. The second-order valence-electron chi connectivity index (χ2n) is 8.95. The normalized spacial score (nSPS) is 16.0. The van der Waals surface area contributed by atoms with E-state index in [0.717, 1.165) is 35.4 Å². The summed E-state index contributed by atoms with van der Waals surface area (Å²) in [7, 11) is 2.05. The number of imidazole rings is 1. The maximum absolute atomic E-state index is 10.00. The van der Waals surface area contributed by atoms with Crippen molar-refractivity contribution in [3.05, 3.63) is 113 Å². The van der Waals surface area contributed by atoms with Crippen LogP contribution in [-0.4, -0.2) is 27.5 Å². The molecule has 168 valence electrons. The van der Waals surface area contributed by atoms with Gasteiger partial charge in [-0.1, -0.05) is 78.9 Å². The predicted octanol–water partition coefficient (Wildman–Crippen LogP) is 6.40. The van der Waals surface area contributed by atoms with Crippen LogP contribution in [-0.2, 0) is 7.05 Å². The summed E-state index contributed by atoms with van der Waals surface area (Å²) < 4.78 is 2.11. The fraction of sp³-hybridized carbons (Fsp3) is 0.200. The van der Waals surface area contributed by atoms with Crippen molar-refractivity contribution in [1.29, 1.82) is 5.26 Å². The standard InChI is InChI=1S/C30H28N4/c1-22(17-23-9-4-3-5-10-23)30(29-19-32-21-33(29)2)34-16-15-25(18-31)28(20-34)27-14-8-12-24-11-6-7-13-26(24)27/h3-14,17,19,21,30H,15-16,20H2,1-2H3/b22-17+. The van der Waals surface area contributed by atoms with Crippen LogP contribution in [0.2, 0.25) is 0 Å². The average molecular weight is 445 g/mol. The Bertz CT molecular complexity index is 1410. The van der Waals surface area contributed by atoms with Crippen LogP contribution in [0, 0.1) is 11.3 Å². The van der Waals surface area contributed by atoms with E-state index in [1.807, 2.05) is 18.6 Å². The van der Waals surface area contributed by atoms with E-state index in [4.69, 9.17) is 0 Å². The van der Waals surface area contributed by atoms with Gasteiger partial charge in [0.05, 0.1) is 30.3 Å². The zero-order chi connectivity index (χ0) is 23.5. The highest BCUT2D eigenvalue weighted by Crippen LogP contribution is 2.37. The Balaban J connectivity index is 1.58. The van der Waals surface area contributed by atoms with Crippen molar-refractivity contribution in [3.63, 3.8) is 0 Å². The summed E-state index contributed by atoms with van der Waals surface area (Å²) >= 11 is 0. The summed E-state index contributed by atoms with van der Waals surface area (Å²) in [6.07, 6.45) is 6.83. The first-order valence-electron chi connectivity index (χ1n) is 11.7. The van der Waals surface area contributed by atoms with Crippen LogP contribution >= 0.6 is 0 Å². The van der Waals surface area contributed by atoms with Gasteiger partial charge in [0.15, 0.2) is 0 Å². The summed E-state index contributed by atoms with van der Waals surface area (Å²) in [6.45, 7) is 3.74. The van der Waals surface area contributed by atoms with E-state index in [0.29, 0.717) is 6.54 Å². The fourth-order valence-corrected chi connectivity index (χ4v) is 5.09. The van der Waals surface area contributed by atoms with Gasteiger partial charge in [-0.25, -0.2) is 4.98 Å². The van der Waals surface area contributed by atoms with Crippen molar-refractivity contribution in [1.82, 2.24) is 14.5 Å². The summed E-state index contributed by atoms with van der Waals surface area (Å²) in [5.41, 5.74) is 6.78. The highest BCUT2D eigenvalue weighted by Gasteiger charge is 2.30. The third-order valence-corrected chi connectivity index (χ3v) is 6.75. The van der Waals surface area contributed by atoms with E-state index in [-0.39, 0.29) is 6.04 Å². The Hall–Kier alpha value is -3.94. The molecule has 0 N–H and O–H groups in total. The van der Waals surface area contributed by atoms with Gasteiger partial charge >= 0.3 is 0 Å². The van der Waals surface area contributed by atoms with Gasteiger partial charge in [0.1, 0.15) is 0 Å². The molecule has 34 heavy (non-hydrogen) atoms. The third kappa shape index (κ3) is 4.19. The second-order valence-corrected chi connectivity index (χ2v) is 8.95. The Labute approximate surface area is 201 Å². The number of fused-ring (bicyclic) bond motifs is 1. The summed E-state index contributed by atoms with van der Waals surface area (Å²) in [5.74, 6) is 0. The van der Waals surface area contributed by atoms with E-state index >= 15 is 0 Å². The van der Waals surface area contributed by atoms with Gasteiger partial charge in [0.25, 0.3) is 0 Å². The molecule has 0 saturated carbocycles. The van der Waals surface area contributed by atoms with E-state index in [1.54, 1.807) is 0 Å². The zero-order valence-corrected chi connectivity index (χ0v) is 19.6. The lowest BCUT2D eigenvalue weighted by atomic mass is 9.89. The quantitative estimate of drug-likeness (QED) is 0.358. The largest absolute Gasteiger partial charge is 0.336 e. The van der Waals surface area contributed by atoms with Gasteiger partial charge in [-0.3, -0.25) is 4.90 Å². The maximum Gasteiger partial charge on any atom is 0.0951 e. The van der Waals surface area contributed by atoms with Crippen LogP contribution in [0.15, 0.2) is 96.5 Å². The Morgan fingerprint density at radius 3 is 2.56 bits per heavy atom. The molecule has 1 atom stereocenters. The summed E-state index contributed by atoms with van der Waals surface area (Å²) in [5, 5.41) is 12.4. The van der Waals surface area contributed by atoms with Gasteiger partial charge in [-0.2, -0.15) is 5.26 Å². The minimum atomic E-state index is 0.0675. The molecule has 1 aromatic heterocycles. The van der Waals surface area contributed by atoms with E-state index < -0.39 is 0 Å². The van der Waals surface area contributed by atoms with Gasteiger partial charge in [0, 0.05) is 25.7 Å². The summed E-state index contributed by atoms with van der Waals surface area (Å²) in [6, 6.07) is 27.8. The van der Waals surface area contributed by atoms with E-state index in [1.165, 1.54) is 21.9 Å². The van der Waals surface area contributed by atoms with Gasteiger partial charge in [-0.15, -0.1) is 0 Å². The molecular formula is C30H28N4. The molecule has 0 saturated heterocycles. The molecule has 1 aliphatic heterocycles. The van der Waals surface area contributed by atoms with Crippen LogP contribution in [0.25, 0.3) is 22.4 Å². The molecule has 4 heteroatoms. The molecule has 0 spiro atoms. The lowest BCUT2D eigenvalue weighted by Gasteiger charge is -2.37. The monoisotopic (exact) mass is 444 g/mol. The smallest absolute Gasteiger partial charge is 0.0951 e. The predicted molar refractivity (Wildman–Crippen MR) is 139 cm³/mol. The van der Waals surface area contributed by atoms with Crippen LogP contribution in [0.3, 0.4) is 0 Å². The number of aryl methyl sites for hydroxylation is 1. The highest BCUT2D eigenvalue weighted by atomic mass is 15.2. The zero-order valence-electron chi connectivity index (χ0n) is 19.6. The Morgan fingerprint density at radius 1 is 1.03 bits per heavy atom. The van der Waals surface area contributed by atoms with Crippen molar-refractivity contribution in [2.24, 2.45) is 7.05 Å². The first-order chi connectivity index (χ1) is 16.7. The maximum atomic E-state index is 10.00. The molecule has 0 fully saturated rings. The van der Waals surface area contributed by atoms with Crippen LogP contribution < -0.4 is 0 Å². The number of nitriles is 1. The van der Waals surface area contributed by atoms with Crippen LogP contribution in [0.1, 0.15) is 36.2 Å². The number of hydrogen-bond donors (Lipinski definition) is 0. The first kappa shape index (κ1) is 21.9. The molecule has 3 aromatic carbocycles. The molecule has 0 radical (unpaired) electrons. The second kappa shape index (κ2) is 9.51. The number of benzene rings is 3. The molecule has 0 aliphatic carbocycles. The molecule has 0 bridgehead atoms. The topological polar surface area (TPSA) is 44.9 Å². The van der Waals surface area contributed by atoms with Gasteiger partial charge < -0.3 is 4.57 Å². The molecule has 5 rings (SSSR count). The Morgan fingerprint density at radius 2 is 1.79 bits per heavy atom. The lowest BCUT2D eigenvalue weighted by Crippen LogP contribution is -2.36. The Kier molecular flexibility index (Phi) is 6.12. The van der Waals surface area contributed by atoms with Crippen molar-refractivity contribution in [2.45, 2.75) is 19.4 Å². The lowest BCUT2D eigenvalue weighted by molar-refractivity contribution is 0.240. The van der Waals surface area contributed by atoms with Crippen molar-refractivity contribution in [3.8, 4) is 6.07 Å².